The van der Waals surface area contributed by atoms with Gasteiger partial charge < -0.3 is 16.2 Å². The molecule has 0 aromatic heterocycles. The summed E-state index contributed by atoms with van der Waals surface area (Å²) in [7, 11) is 0. The van der Waals surface area contributed by atoms with E-state index in [1.165, 1.54) is 32.1 Å². The third-order valence-corrected chi connectivity index (χ3v) is 3.78. The highest BCUT2D eigenvalue weighted by molar-refractivity contribution is 5.88. The molecular formula is C14H24N2O4. The number of nitrogens with two attached hydrogens (primary N) is 1. The molecule has 0 radical (unpaired) electrons. The van der Waals surface area contributed by atoms with E-state index in [2.05, 4.69) is 5.32 Å². The Morgan fingerprint density at radius 1 is 1.20 bits per heavy atom. The molecule has 1 saturated carbocycles. The van der Waals surface area contributed by atoms with Crippen molar-refractivity contribution < 1.29 is 19.5 Å². The standard InChI is InChI=1S/C14H24N2O4/c15-12(17)9-11(14(19)20)16-13(18)8-4-7-10-5-2-1-3-6-10/h10-11H,1-9H2,(H2,15,17)(H,16,18)(H,19,20)/t11-/m1/s1. The van der Waals surface area contributed by atoms with Crippen molar-refractivity contribution in [2.45, 2.75) is 63.8 Å². The van der Waals surface area contributed by atoms with Crippen LogP contribution in [0.15, 0.2) is 0 Å². The number of amides is 2. The Hall–Kier alpha value is -1.59. The third-order valence-electron chi connectivity index (χ3n) is 3.78. The molecule has 6 heteroatoms. The zero-order chi connectivity index (χ0) is 15.0. The minimum absolute atomic E-state index is 0.305. The molecular weight excluding hydrogens is 260 g/mol. The van der Waals surface area contributed by atoms with Crippen molar-refractivity contribution in [1.82, 2.24) is 5.32 Å². The van der Waals surface area contributed by atoms with Gasteiger partial charge in [0, 0.05) is 6.42 Å². The summed E-state index contributed by atoms with van der Waals surface area (Å²) in [6.07, 6.45) is 8.04. The quantitative estimate of drug-likeness (QED) is 0.621. The van der Waals surface area contributed by atoms with E-state index >= 15 is 0 Å². The van der Waals surface area contributed by atoms with E-state index in [4.69, 9.17) is 10.8 Å². The van der Waals surface area contributed by atoms with E-state index in [0.29, 0.717) is 12.3 Å². The van der Waals surface area contributed by atoms with E-state index in [1.54, 1.807) is 0 Å². The Balaban J connectivity index is 2.23. The average molecular weight is 284 g/mol. The number of aliphatic carboxylic acids is 1. The molecule has 0 spiro atoms. The highest BCUT2D eigenvalue weighted by Crippen LogP contribution is 2.27. The number of hydrogen-bond donors (Lipinski definition) is 3. The van der Waals surface area contributed by atoms with Crippen LogP contribution >= 0.6 is 0 Å². The lowest BCUT2D eigenvalue weighted by molar-refractivity contribution is -0.143. The van der Waals surface area contributed by atoms with Crippen molar-refractivity contribution in [3.8, 4) is 0 Å². The van der Waals surface area contributed by atoms with E-state index < -0.39 is 17.9 Å². The van der Waals surface area contributed by atoms with E-state index in [0.717, 1.165) is 12.8 Å². The SMILES string of the molecule is NC(=O)C[C@@H](NC(=O)CCCC1CCCCC1)C(=O)O. The summed E-state index contributed by atoms with van der Waals surface area (Å²) in [5, 5.41) is 11.2. The second kappa shape index (κ2) is 8.55. The molecule has 0 bridgehead atoms. The van der Waals surface area contributed by atoms with Crippen LogP contribution in [0.3, 0.4) is 0 Å². The van der Waals surface area contributed by atoms with Crippen molar-refractivity contribution in [3.05, 3.63) is 0 Å². The lowest BCUT2D eigenvalue weighted by Gasteiger charge is -2.21. The molecule has 0 heterocycles. The molecule has 0 aromatic rings. The molecule has 6 nitrogen and oxygen atoms in total. The second-order valence-electron chi connectivity index (χ2n) is 5.53. The highest BCUT2D eigenvalue weighted by atomic mass is 16.4. The number of hydrogen-bond acceptors (Lipinski definition) is 3. The van der Waals surface area contributed by atoms with Gasteiger partial charge in [0.15, 0.2) is 0 Å². The molecule has 0 unspecified atom stereocenters. The minimum Gasteiger partial charge on any atom is -0.480 e. The van der Waals surface area contributed by atoms with Crippen molar-refractivity contribution in [2.75, 3.05) is 0 Å². The van der Waals surface area contributed by atoms with Gasteiger partial charge >= 0.3 is 5.97 Å². The maximum atomic E-state index is 11.7. The van der Waals surface area contributed by atoms with Crippen LogP contribution in [0.5, 0.6) is 0 Å². The Kier molecular flexibility index (Phi) is 7.04. The number of primary amides is 1. The largest absolute Gasteiger partial charge is 0.480 e. The Labute approximate surface area is 119 Å². The monoisotopic (exact) mass is 284 g/mol. The van der Waals surface area contributed by atoms with E-state index in [9.17, 15) is 14.4 Å². The molecule has 2 amide bonds. The Bertz CT molecular complexity index is 351. The van der Waals surface area contributed by atoms with Gasteiger partial charge in [0.1, 0.15) is 6.04 Å². The van der Waals surface area contributed by atoms with Crippen LogP contribution < -0.4 is 11.1 Å². The molecule has 20 heavy (non-hydrogen) atoms. The lowest BCUT2D eigenvalue weighted by Crippen LogP contribution is -2.43. The number of carboxylic acids is 1. The van der Waals surface area contributed by atoms with Crippen LogP contribution in [-0.4, -0.2) is 28.9 Å². The maximum Gasteiger partial charge on any atom is 0.326 e. The van der Waals surface area contributed by atoms with E-state index in [1.807, 2.05) is 0 Å². The molecule has 0 aliphatic heterocycles. The van der Waals surface area contributed by atoms with Crippen LogP contribution in [-0.2, 0) is 14.4 Å². The molecule has 0 aromatic carbocycles. The van der Waals surface area contributed by atoms with Gasteiger partial charge in [-0.1, -0.05) is 32.1 Å². The van der Waals surface area contributed by atoms with Crippen molar-refractivity contribution in [3.63, 3.8) is 0 Å². The average Bonchev–Trinajstić information content (AvgIpc) is 2.38. The summed E-state index contributed by atoms with van der Waals surface area (Å²) in [5.41, 5.74) is 4.95. The Morgan fingerprint density at radius 2 is 1.85 bits per heavy atom. The topological polar surface area (TPSA) is 109 Å². The molecule has 4 N–H and O–H groups in total. The normalized spacial score (nSPS) is 17.4. The first-order valence-electron chi connectivity index (χ1n) is 7.29. The lowest BCUT2D eigenvalue weighted by atomic mass is 9.86. The molecule has 1 aliphatic rings. The van der Waals surface area contributed by atoms with Gasteiger partial charge in [-0.3, -0.25) is 9.59 Å². The van der Waals surface area contributed by atoms with Gasteiger partial charge in [-0.05, 0) is 18.8 Å². The predicted octanol–water partition coefficient (Wildman–Crippen LogP) is 1.18. The predicted molar refractivity (Wildman–Crippen MR) is 73.8 cm³/mol. The van der Waals surface area contributed by atoms with Gasteiger partial charge in [-0.2, -0.15) is 0 Å². The van der Waals surface area contributed by atoms with Crippen molar-refractivity contribution in [1.29, 1.82) is 0 Å². The molecule has 1 rings (SSSR count). The summed E-state index contributed by atoms with van der Waals surface area (Å²) in [6, 6.07) is -1.21. The fraction of sp³-hybridized carbons (Fsp3) is 0.786. The van der Waals surface area contributed by atoms with Crippen LogP contribution in [0.1, 0.15) is 57.8 Å². The second-order valence-corrected chi connectivity index (χ2v) is 5.53. The minimum atomic E-state index is -1.23. The molecule has 1 atom stereocenters. The van der Waals surface area contributed by atoms with Crippen LogP contribution in [0.2, 0.25) is 0 Å². The fourth-order valence-electron chi connectivity index (χ4n) is 2.69. The first-order chi connectivity index (χ1) is 9.49. The molecule has 114 valence electrons. The zero-order valence-corrected chi connectivity index (χ0v) is 11.8. The van der Waals surface area contributed by atoms with Gasteiger partial charge in [0.2, 0.25) is 11.8 Å². The van der Waals surface area contributed by atoms with Crippen molar-refractivity contribution >= 4 is 17.8 Å². The van der Waals surface area contributed by atoms with E-state index in [-0.39, 0.29) is 12.3 Å². The van der Waals surface area contributed by atoms with Gasteiger partial charge in [0.25, 0.3) is 0 Å². The number of carbonyl (C=O) groups excluding carboxylic acids is 2. The fourth-order valence-corrected chi connectivity index (χ4v) is 2.69. The van der Waals surface area contributed by atoms with Gasteiger partial charge in [-0.15, -0.1) is 0 Å². The number of carboxylic acid groups (broad SMARTS) is 1. The smallest absolute Gasteiger partial charge is 0.326 e. The van der Waals surface area contributed by atoms with Gasteiger partial charge in [0.05, 0.1) is 6.42 Å². The van der Waals surface area contributed by atoms with Crippen molar-refractivity contribution in [2.24, 2.45) is 11.7 Å². The Morgan fingerprint density at radius 3 is 2.40 bits per heavy atom. The zero-order valence-electron chi connectivity index (χ0n) is 11.8. The van der Waals surface area contributed by atoms with Crippen LogP contribution in [0, 0.1) is 5.92 Å². The number of nitrogens with one attached hydrogen (secondary N) is 1. The molecule has 1 aliphatic carbocycles. The third kappa shape index (κ3) is 6.54. The summed E-state index contributed by atoms with van der Waals surface area (Å²) in [4.78, 5) is 33.2. The summed E-state index contributed by atoms with van der Waals surface area (Å²) >= 11 is 0. The first kappa shape index (κ1) is 16.5. The summed E-state index contributed by atoms with van der Waals surface area (Å²) in [5.74, 6) is -1.59. The highest BCUT2D eigenvalue weighted by Gasteiger charge is 2.22. The van der Waals surface area contributed by atoms with Crippen LogP contribution in [0.25, 0.3) is 0 Å². The number of rotatable bonds is 8. The van der Waals surface area contributed by atoms with Gasteiger partial charge in [-0.25, -0.2) is 4.79 Å². The number of carbonyl (C=O) groups is 3. The molecule has 0 saturated heterocycles. The first-order valence-corrected chi connectivity index (χ1v) is 7.29. The van der Waals surface area contributed by atoms with Crippen LogP contribution in [0.4, 0.5) is 0 Å². The summed E-state index contributed by atoms with van der Waals surface area (Å²) < 4.78 is 0. The summed E-state index contributed by atoms with van der Waals surface area (Å²) in [6.45, 7) is 0. The molecule has 1 fully saturated rings. The maximum absolute atomic E-state index is 11.7.